The topological polar surface area (TPSA) is 56.5 Å². The average molecular weight is 320 g/mol. The summed E-state index contributed by atoms with van der Waals surface area (Å²) in [4.78, 5) is 24.1. The minimum absolute atomic E-state index is 0.0165. The number of methoxy groups -OCH3 is 2. The van der Waals surface area contributed by atoms with Crippen molar-refractivity contribution in [3.05, 3.63) is 41.7 Å². The molecule has 0 aliphatic carbocycles. The third-order valence-corrected chi connectivity index (χ3v) is 3.62. The Labute approximate surface area is 137 Å². The van der Waals surface area contributed by atoms with Gasteiger partial charge in [0, 0.05) is 17.7 Å². The highest BCUT2D eigenvalue weighted by molar-refractivity contribution is 6.14. The molecule has 0 aliphatic heterocycles. The summed E-state index contributed by atoms with van der Waals surface area (Å²) in [5.41, 5.74) is 0.763. The first-order valence-electron chi connectivity index (χ1n) is 7.96. The van der Waals surface area contributed by atoms with Crippen LogP contribution in [0.25, 0.3) is 0 Å². The zero-order valence-electron chi connectivity index (χ0n) is 14.2. The monoisotopic (exact) mass is 320 g/mol. The van der Waals surface area contributed by atoms with E-state index >= 15 is 0 Å². The summed E-state index contributed by atoms with van der Waals surface area (Å²) in [7, 11) is 2.55. The highest BCUT2D eigenvalue weighted by Crippen LogP contribution is 2.17. The van der Waals surface area contributed by atoms with Gasteiger partial charge in [-0.3, -0.25) is 0 Å². The summed E-state index contributed by atoms with van der Waals surface area (Å²) >= 11 is 0. The molecule has 126 valence electrons. The number of hydrogen-bond donors (Lipinski definition) is 0. The van der Waals surface area contributed by atoms with Crippen LogP contribution in [-0.2, 0) is 25.6 Å². The third kappa shape index (κ3) is 6.22. The Morgan fingerprint density at radius 3 is 2.04 bits per heavy atom. The molecule has 0 N–H and O–H groups in total. The number of carbonyl (C=O) groups excluding carboxylic acids is 2. The third-order valence-electron chi connectivity index (χ3n) is 3.62. The molecule has 1 heterocycles. The van der Waals surface area contributed by atoms with Gasteiger partial charge >= 0.3 is 11.9 Å². The number of esters is 2. The maximum atomic E-state index is 12.0. The number of unbranched alkanes of at least 4 members (excludes halogenated alkanes) is 3. The average Bonchev–Trinajstić information content (AvgIpc) is 2.59. The van der Waals surface area contributed by atoms with Gasteiger partial charge in [-0.15, -0.1) is 0 Å². The molecule has 0 fully saturated rings. The number of pyridine rings is 1. The smallest absolute Gasteiger partial charge is 0.345 e. The van der Waals surface area contributed by atoms with Crippen LogP contribution in [-0.4, -0.2) is 26.2 Å². The lowest BCUT2D eigenvalue weighted by Crippen LogP contribution is -2.35. The molecule has 5 nitrogen and oxygen atoms in total. The molecule has 0 aromatic carbocycles. The van der Waals surface area contributed by atoms with Crippen molar-refractivity contribution < 1.29 is 23.6 Å². The summed E-state index contributed by atoms with van der Waals surface area (Å²) in [6, 6.07) is 5.73. The van der Waals surface area contributed by atoms with Crippen molar-refractivity contribution in [2.45, 2.75) is 45.6 Å². The fraction of sp³-hybridized carbons (Fsp3) is 0.500. The SMILES string of the molecule is CCCCCCC(C[n+]1ccccc1)=C(C(=O)OC)C(=O)OC. The minimum atomic E-state index is -0.640. The van der Waals surface area contributed by atoms with Gasteiger partial charge in [-0.05, 0) is 12.8 Å². The molecule has 1 aromatic rings. The Morgan fingerprint density at radius 1 is 0.913 bits per heavy atom. The lowest BCUT2D eigenvalue weighted by molar-refractivity contribution is -0.689. The van der Waals surface area contributed by atoms with E-state index in [9.17, 15) is 9.59 Å². The van der Waals surface area contributed by atoms with Gasteiger partial charge < -0.3 is 9.47 Å². The first-order valence-corrected chi connectivity index (χ1v) is 7.96. The Balaban J connectivity index is 3.08. The van der Waals surface area contributed by atoms with Crippen molar-refractivity contribution >= 4 is 11.9 Å². The van der Waals surface area contributed by atoms with Gasteiger partial charge in [0.2, 0.25) is 0 Å². The zero-order valence-corrected chi connectivity index (χ0v) is 14.2. The van der Waals surface area contributed by atoms with Gasteiger partial charge in [-0.1, -0.05) is 32.3 Å². The molecule has 0 radical (unpaired) electrons. The Bertz CT molecular complexity index is 519. The molecule has 5 heteroatoms. The van der Waals surface area contributed by atoms with Gasteiger partial charge in [-0.25, -0.2) is 14.2 Å². The van der Waals surface area contributed by atoms with Crippen molar-refractivity contribution in [2.75, 3.05) is 14.2 Å². The Kier molecular flexibility index (Phi) is 8.65. The second-order valence-electron chi connectivity index (χ2n) is 5.32. The van der Waals surface area contributed by atoms with Crippen molar-refractivity contribution in [3.63, 3.8) is 0 Å². The van der Waals surface area contributed by atoms with E-state index in [1.807, 2.05) is 35.2 Å². The second kappa shape index (κ2) is 10.5. The molecular weight excluding hydrogens is 294 g/mol. The van der Waals surface area contributed by atoms with E-state index in [0.717, 1.165) is 31.3 Å². The molecule has 0 aliphatic rings. The van der Waals surface area contributed by atoms with Gasteiger partial charge in [0.25, 0.3) is 0 Å². The van der Waals surface area contributed by atoms with E-state index in [2.05, 4.69) is 6.92 Å². The van der Waals surface area contributed by atoms with Crippen LogP contribution in [0.4, 0.5) is 0 Å². The summed E-state index contributed by atoms with van der Waals surface area (Å²) in [6.07, 6.45) is 8.73. The molecule has 0 amide bonds. The van der Waals surface area contributed by atoms with Crippen LogP contribution in [0.15, 0.2) is 41.7 Å². The molecule has 0 saturated carbocycles. The molecular formula is C18H26NO4+. The van der Waals surface area contributed by atoms with E-state index in [-0.39, 0.29) is 5.57 Å². The number of nitrogens with zero attached hydrogens (tertiary/aromatic N) is 1. The van der Waals surface area contributed by atoms with Crippen molar-refractivity contribution in [2.24, 2.45) is 0 Å². The zero-order chi connectivity index (χ0) is 17.1. The molecule has 23 heavy (non-hydrogen) atoms. The molecule has 0 spiro atoms. The molecule has 0 saturated heterocycles. The number of carbonyl (C=O) groups is 2. The normalized spacial score (nSPS) is 10.0. The van der Waals surface area contributed by atoms with Gasteiger partial charge in [0.05, 0.1) is 14.2 Å². The fourth-order valence-electron chi connectivity index (χ4n) is 2.38. The van der Waals surface area contributed by atoms with Gasteiger partial charge in [0.1, 0.15) is 5.57 Å². The number of rotatable bonds is 9. The first-order chi connectivity index (χ1) is 11.1. The van der Waals surface area contributed by atoms with Crippen molar-refractivity contribution in [1.82, 2.24) is 0 Å². The van der Waals surface area contributed by atoms with Crippen LogP contribution in [0.2, 0.25) is 0 Å². The van der Waals surface area contributed by atoms with E-state index in [1.165, 1.54) is 14.2 Å². The minimum Gasteiger partial charge on any atom is -0.465 e. The highest BCUT2D eigenvalue weighted by atomic mass is 16.5. The molecule has 0 unspecified atom stereocenters. The van der Waals surface area contributed by atoms with Crippen molar-refractivity contribution in [1.29, 1.82) is 0 Å². The summed E-state index contributed by atoms with van der Waals surface area (Å²) in [6.45, 7) is 2.61. The van der Waals surface area contributed by atoms with Crippen LogP contribution >= 0.6 is 0 Å². The second-order valence-corrected chi connectivity index (χ2v) is 5.32. The number of aromatic nitrogens is 1. The number of ether oxygens (including phenoxy) is 2. The Morgan fingerprint density at radius 2 is 1.52 bits per heavy atom. The predicted molar refractivity (Wildman–Crippen MR) is 86.5 cm³/mol. The first kappa shape index (κ1) is 18.9. The van der Waals surface area contributed by atoms with Crippen LogP contribution in [0.3, 0.4) is 0 Å². The lowest BCUT2D eigenvalue weighted by Gasteiger charge is -2.10. The van der Waals surface area contributed by atoms with Crippen LogP contribution in [0.1, 0.15) is 39.0 Å². The largest absolute Gasteiger partial charge is 0.465 e. The van der Waals surface area contributed by atoms with E-state index in [4.69, 9.17) is 9.47 Å². The van der Waals surface area contributed by atoms with Crippen LogP contribution < -0.4 is 4.57 Å². The maximum Gasteiger partial charge on any atom is 0.345 e. The summed E-state index contributed by atoms with van der Waals surface area (Å²) in [5.74, 6) is -1.28. The quantitative estimate of drug-likeness (QED) is 0.175. The standard InChI is InChI=1S/C18H26NO4/c1-4-5-6-8-11-15(14-19-12-9-7-10-13-19)16(17(20)22-2)18(21)23-3/h7,9-10,12-13H,4-6,8,11,14H2,1-3H3/q+1. The molecule has 1 aromatic heterocycles. The summed E-state index contributed by atoms with van der Waals surface area (Å²) in [5, 5.41) is 0. The number of allylic oxidation sites excluding steroid dienone is 1. The molecule has 0 atom stereocenters. The van der Waals surface area contributed by atoms with Gasteiger partial charge in [0.15, 0.2) is 18.9 Å². The number of hydrogen-bond acceptors (Lipinski definition) is 4. The van der Waals surface area contributed by atoms with E-state index in [0.29, 0.717) is 13.0 Å². The van der Waals surface area contributed by atoms with E-state index in [1.54, 1.807) is 0 Å². The predicted octanol–water partition coefficient (Wildman–Crippen LogP) is 2.59. The maximum absolute atomic E-state index is 12.0. The fourth-order valence-corrected chi connectivity index (χ4v) is 2.38. The summed E-state index contributed by atoms with van der Waals surface area (Å²) < 4.78 is 11.5. The lowest BCUT2D eigenvalue weighted by atomic mass is 10.0. The molecule has 1 rings (SSSR count). The van der Waals surface area contributed by atoms with Crippen LogP contribution in [0.5, 0.6) is 0 Å². The van der Waals surface area contributed by atoms with Gasteiger partial charge in [-0.2, -0.15) is 0 Å². The van der Waals surface area contributed by atoms with Crippen LogP contribution in [0, 0.1) is 0 Å². The molecule has 0 bridgehead atoms. The highest BCUT2D eigenvalue weighted by Gasteiger charge is 2.26. The van der Waals surface area contributed by atoms with E-state index < -0.39 is 11.9 Å². The Hall–Kier alpha value is -2.17. The van der Waals surface area contributed by atoms with Crippen molar-refractivity contribution in [3.8, 4) is 0 Å².